The molecule has 1 saturated carbocycles. The predicted molar refractivity (Wildman–Crippen MR) is 66.9 cm³/mol. The maximum absolute atomic E-state index is 5.71. The van der Waals surface area contributed by atoms with Crippen molar-refractivity contribution >= 4 is 0 Å². The Balaban J connectivity index is 2.09. The third kappa shape index (κ3) is 4.98. The van der Waals surface area contributed by atoms with Crippen molar-refractivity contribution in [3.63, 3.8) is 0 Å². The van der Waals surface area contributed by atoms with Crippen LogP contribution in [0.1, 0.15) is 45.4 Å². The highest BCUT2D eigenvalue weighted by Crippen LogP contribution is 2.25. The fourth-order valence-electron chi connectivity index (χ4n) is 2.62. The maximum Gasteiger partial charge on any atom is 0.000661 e. The van der Waals surface area contributed by atoms with E-state index >= 15 is 0 Å². The molecule has 1 aliphatic carbocycles. The lowest BCUT2D eigenvalue weighted by atomic mass is 10.0. The third-order valence-corrected chi connectivity index (χ3v) is 3.87. The molecule has 0 aliphatic heterocycles. The van der Waals surface area contributed by atoms with Crippen LogP contribution < -0.4 is 5.73 Å². The van der Waals surface area contributed by atoms with Crippen LogP contribution in [0, 0.1) is 11.8 Å². The number of hydrogen-bond acceptors (Lipinski definition) is 2. The molecule has 1 rings (SSSR count). The first-order valence-electron chi connectivity index (χ1n) is 6.64. The zero-order valence-corrected chi connectivity index (χ0v) is 10.5. The van der Waals surface area contributed by atoms with Gasteiger partial charge in [0.1, 0.15) is 0 Å². The quantitative estimate of drug-likeness (QED) is 0.702. The Kier molecular flexibility index (Phi) is 6.26. The minimum atomic E-state index is 0.732. The summed E-state index contributed by atoms with van der Waals surface area (Å²) in [6, 6.07) is 0. The predicted octanol–water partition coefficient (Wildman–Crippen LogP) is 2.48. The molecule has 2 heteroatoms. The second-order valence-electron chi connectivity index (χ2n) is 5.21. The molecular weight excluding hydrogens is 184 g/mol. The molecule has 2 nitrogen and oxygen atoms in total. The van der Waals surface area contributed by atoms with Crippen molar-refractivity contribution in [2.24, 2.45) is 17.6 Å². The van der Waals surface area contributed by atoms with E-state index in [2.05, 4.69) is 18.9 Å². The molecule has 2 N–H and O–H groups in total. The second kappa shape index (κ2) is 7.24. The highest BCUT2D eigenvalue weighted by atomic mass is 15.1. The second-order valence-corrected chi connectivity index (χ2v) is 5.21. The first-order chi connectivity index (χ1) is 7.26. The fraction of sp³-hybridized carbons (Fsp3) is 1.00. The Labute approximate surface area is 95.2 Å². The van der Waals surface area contributed by atoms with Crippen LogP contribution in [0.4, 0.5) is 0 Å². The van der Waals surface area contributed by atoms with Crippen LogP contribution in [0.3, 0.4) is 0 Å². The lowest BCUT2D eigenvalue weighted by molar-refractivity contribution is 0.256. The van der Waals surface area contributed by atoms with Gasteiger partial charge in [-0.1, -0.05) is 26.2 Å². The van der Waals surface area contributed by atoms with Crippen molar-refractivity contribution in [3.8, 4) is 0 Å². The van der Waals surface area contributed by atoms with Gasteiger partial charge < -0.3 is 10.6 Å². The smallest absolute Gasteiger partial charge is 0.000661 e. The van der Waals surface area contributed by atoms with Crippen LogP contribution in [0.2, 0.25) is 0 Å². The van der Waals surface area contributed by atoms with Crippen molar-refractivity contribution in [1.29, 1.82) is 0 Å². The van der Waals surface area contributed by atoms with Gasteiger partial charge in [0.05, 0.1) is 0 Å². The monoisotopic (exact) mass is 212 g/mol. The van der Waals surface area contributed by atoms with Crippen LogP contribution >= 0.6 is 0 Å². The van der Waals surface area contributed by atoms with Gasteiger partial charge in [-0.05, 0) is 51.2 Å². The van der Waals surface area contributed by atoms with Gasteiger partial charge in [-0.3, -0.25) is 0 Å². The number of hydrogen-bond donors (Lipinski definition) is 1. The first kappa shape index (κ1) is 13.0. The van der Waals surface area contributed by atoms with Crippen molar-refractivity contribution < 1.29 is 0 Å². The minimum Gasteiger partial charge on any atom is -0.330 e. The summed E-state index contributed by atoms with van der Waals surface area (Å²) in [5.74, 6) is 1.71. The fourth-order valence-corrected chi connectivity index (χ4v) is 2.62. The summed E-state index contributed by atoms with van der Waals surface area (Å²) in [7, 11) is 2.27. The molecule has 1 atom stereocenters. The number of rotatable bonds is 7. The van der Waals surface area contributed by atoms with E-state index in [1.54, 1.807) is 0 Å². The summed E-state index contributed by atoms with van der Waals surface area (Å²) in [4.78, 5) is 2.51. The van der Waals surface area contributed by atoms with Gasteiger partial charge in [0.2, 0.25) is 0 Å². The Bertz CT molecular complexity index is 149. The number of nitrogens with two attached hydrogens (primary N) is 1. The van der Waals surface area contributed by atoms with Crippen molar-refractivity contribution in [2.75, 3.05) is 26.7 Å². The van der Waals surface area contributed by atoms with Gasteiger partial charge in [0.15, 0.2) is 0 Å². The number of nitrogens with zero attached hydrogens (tertiary/aromatic N) is 1. The summed E-state index contributed by atoms with van der Waals surface area (Å²) in [5.41, 5.74) is 5.71. The summed E-state index contributed by atoms with van der Waals surface area (Å²) in [5, 5.41) is 0. The van der Waals surface area contributed by atoms with Crippen LogP contribution in [0.15, 0.2) is 0 Å². The van der Waals surface area contributed by atoms with E-state index < -0.39 is 0 Å². The molecule has 0 amide bonds. The van der Waals surface area contributed by atoms with Crippen LogP contribution in [-0.4, -0.2) is 31.6 Å². The van der Waals surface area contributed by atoms with E-state index in [0.717, 1.165) is 18.4 Å². The molecule has 0 aromatic carbocycles. The highest BCUT2D eigenvalue weighted by molar-refractivity contribution is 4.71. The van der Waals surface area contributed by atoms with E-state index in [1.165, 1.54) is 51.6 Å². The van der Waals surface area contributed by atoms with E-state index in [-0.39, 0.29) is 0 Å². The largest absolute Gasteiger partial charge is 0.330 e. The third-order valence-electron chi connectivity index (χ3n) is 3.87. The average Bonchev–Trinajstić information content (AvgIpc) is 2.72. The normalized spacial score (nSPS) is 20.0. The Hall–Kier alpha value is -0.0800. The SMILES string of the molecule is CCC(CN)CCN(C)CC1CCCC1. The van der Waals surface area contributed by atoms with Gasteiger partial charge >= 0.3 is 0 Å². The molecule has 0 saturated heterocycles. The zero-order valence-electron chi connectivity index (χ0n) is 10.5. The van der Waals surface area contributed by atoms with Gasteiger partial charge in [-0.2, -0.15) is 0 Å². The molecule has 0 bridgehead atoms. The Morgan fingerprint density at radius 2 is 2.00 bits per heavy atom. The van der Waals surface area contributed by atoms with Crippen molar-refractivity contribution in [2.45, 2.75) is 45.4 Å². The molecule has 1 unspecified atom stereocenters. The van der Waals surface area contributed by atoms with Crippen LogP contribution in [0.5, 0.6) is 0 Å². The van der Waals surface area contributed by atoms with E-state index in [9.17, 15) is 0 Å². The molecule has 0 aromatic heterocycles. The highest BCUT2D eigenvalue weighted by Gasteiger charge is 2.16. The molecule has 0 radical (unpaired) electrons. The molecule has 1 fully saturated rings. The lowest BCUT2D eigenvalue weighted by Gasteiger charge is -2.22. The average molecular weight is 212 g/mol. The standard InChI is InChI=1S/C13H28N2/c1-3-12(10-14)8-9-15(2)11-13-6-4-5-7-13/h12-13H,3-11,14H2,1-2H3. The molecule has 0 heterocycles. The summed E-state index contributed by atoms with van der Waals surface area (Å²) < 4.78 is 0. The van der Waals surface area contributed by atoms with Gasteiger partial charge in [-0.25, -0.2) is 0 Å². The molecular formula is C13H28N2. The first-order valence-corrected chi connectivity index (χ1v) is 6.64. The molecule has 15 heavy (non-hydrogen) atoms. The summed E-state index contributed by atoms with van der Waals surface area (Å²) in [6.45, 7) is 5.63. The molecule has 0 aromatic rings. The van der Waals surface area contributed by atoms with Crippen LogP contribution in [0.25, 0.3) is 0 Å². The lowest BCUT2D eigenvalue weighted by Crippen LogP contribution is -2.28. The van der Waals surface area contributed by atoms with Crippen LogP contribution in [-0.2, 0) is 0 Å². The topological polar surface area (TPSA) is 29.3 Å². The van der Waals surface area contributed by atoms with Gasteiger partial charge in [0, 0.05) is 6.54 Å². The molecule has 90 valence electrons. The Morgan fingerprint density at radius 1 is 1.33 bits per heavy atom. The van der Waals surface area contributed by atoms with E-state index in [1.807, 2.05) is 0 Å². The molecule has 0 spiro atoms. The van der Waals surface area contributed by atoms with Crippen molar-refractivity contribution in [3.05, 3.63) is 0 Å². The Morgan fingerprint density at radius 3 is 2.53 bits per heavy atom. The van der Waals surface area contributed by atoms with Crippen molar-refractivity contribution in [1.82, 2.24) is 4.90 Å². The van der Waals surface area contributed by atoms with Gasteiger partial charge in [0.25, 0.3) is 0 Å². The summed E-state index contributed by atoms with van der Waals surface area (Å²) in [6.07, 6.45) is 8.33. The van der Waals surface area contributed by atoms with E-state index in [4.69, 9.17) is 5.73 Å². The maximum atomic E-state index is 5.71. The van der Waals surface area contributed by atoms with E-state index in [0.29, 0.717) is 0 Å². The zero-order chi connectivity index (χ0) is 11.1. The summed E-state index contributed by atoms with van der Waals surface area (Å²) >= 11 is 0. The minimum absolute atomic E-state index is 0.732. The molecule has 1 aliphatic rings. The van der Waals surface area contributed by atoms with Gasteiger partial charge in [-0.15, -0.1) is 0 Å².